The molecule has 0 unspecified atom stereocenters. The fourth-order valence-electron chi connectivity index (χ4n) is 3.39. The van der Waals surface area contributed by atoms with Crippen molar-refractivity contribution in [3.63, 3.8) is 0 Å². The van der Waals surface area contributed by atoms with Crippen molar-refractivity contribution >= 4 is 32.5 Å². The van der Waals surface area contributed by atoms with E-state index in [0.29, 0.717) is 18.5 Å². The van der Waals surface area contributed by atoms with Gasteiger partial charge >= 0.3 is 10.1 Å². The lowest BCUT2D eigenvalue weighted by atomic mass is 10.1. The Morgan fingerprint density at radius 3 is 2.44 bits per heavy atom. The molecule has 0 N–H and O–H groups in total. The number of carbonyl (C=O) groups is 1. The molecule has 1 amide bonds. The molecule has 0 aliphatic carbocycles. The number of nitrogens with zero attached hydrogens (tertiary/aromatic N) is 1. The average Bonchev–Trinajstić information content (AvgIpc) is 3.07. The molecule has 0 bridgehead atoms. The molecule has 4 rings (SSSR count). The Hall–Kier alpha value is -2.86. The Bertz CT molecular complexity index is 1140. The van der Waals surface area contributed by atoms with Gasteiger partial charge in [0.2, 0.25) is 5.91 Å². The van der Waals surface area contributed by atoms with Crippen molar-refractivity contribution < 1.29 is 17.4 Å². The third kappa shape index (κ3) is 3.40. The molecule has 3 aromatic carbocycles. The van der Waals surface area contributed by atoms with Crippen LogP contribution in [0.3, 0.4) is 0 Å². The van der Waals surface area contributed by atoms with E-state index in [-0.39, 0.29) is 16.6 Å². The van der Waals surface area contributed by atoms with Crippen molar-refractivity contribution in [1.82, 2.24) is 0 Å². The molecular weight excluding hydrogens is 362 g/mol. The molecule has 6 heteroatoms. The van der Waals surface area contributed by atoms with Crippen LogP contribution in [0, 0.1) is 6.92 Å². The van der Waals surface area contributed by atoms with E-state index in [1.54, 1.807) is 36.1 Å². The number of aryl methyl sites for hydroxylation is 1. The average molecular weight is 381 g/mol. The smallest absolute Gasteiger partial charge is 0.339 e. The Labute approximate surface area is 158 Å². The zero-order valence-corrected chi connectivity index (χ0v) is 15.7. The van der Waals surface area contributed by atoms with E-state index in [4.69, 9.17) is 4.18 Å². The second kappa shape index (κ2) is 6.70. The first-order valence-corrected chi connectivity index (χ1v) is 10.2. The maximum Gasteiger partial charge on any atom is 0.339 e. The molecule has 0 radical (unpaired) electrons. The summed E-state index contributed by atoms with van der Waals surface area (Å²) >= 11 is 0. The van der Waals surface area contributed by atoms with Crippen molar-refractivity contribution in [3.8, 4) is 5.75 Å². The number of carbonyl (C=O) groups excluding carboxylic acids is 1. The Morgan fingerprint density at radius 1 is 0.963 bits per heavy atom. The summed E-state index contributed by atoms with van der Waals surface area (Å²) in [5.74, 6) is 0.337. The third-order valence-electron chi connectivity index (χ3n) is 4.74. The predicted molar refractivity (Wildman–Crippen MR) is 105 cm³/mol. The molecule has 27 heavy (non-hydrogen) atoms. The molecular formula is C21H19NO4S. The number of hydrogen-bond donors (Lipinski definition) is 0. The van der Waals surface area contributed by atoms with Crippen molar-refractivity contribution in [2.75, 3.05) is 11.4 Å². The van der Waals surface area contributed by atoms with Gasteiger partial charge in [0.25, 0.3) is 0 Å². The standard InChI is InChI=1S/C21H19NO4S/c1-15-13-18(22-12-4-7-21(22)23)9-11-20(15)27(24,25)26-19-10-8-16-5-2-3-6-17(16)14-19/h2-3,5-6,8-11,13-14H,4,7,12H2,1H3. The van der Waals surface area contributed by atoms with Gasteiger partial charge in [-0.2, -0.15) is 8.42 Å². The van der Waals surface area contributed by atoms with Crippen molar-refractivity contribution in [3.05, 3.63) is 66.2 Å². The van der Waals surface area contributed by atoms with E-state index >= 15 is 0 Å². The highest BCUT2D eigenvalue weighted by atomic mass is 32.2. The zero-order chi connectivity index (χ0) is 19.0. The molecule has 1 fully saturated rings. The second-order valence-electron chi connectivity index (χ2n) is 6.65. The van der Waals surface area contributed by atoms with E-state index in [1.165, 1.54) is 6.07 Å². The van der Waals surface area contributed by atoms with Gasteiger partial charge in [-0.05, 0) is 60.0 Å². The number of fused-ring (bicyclic) bond motifs is 1. The summed E-state index contributed by atoms with van der Waals surface area (Å²) in [5, 5.41) is 1.92. The summed E-state index contributed by atoms with van der Waals surface area (Å²) < 4.78 is 30.9. The van der Waals surface area contributed by atoms with Crippen LogP contribution in [0.1, 0.15) is 18.4 Å². The Kier molecular flexibility index (Phi) is 4.36. The highest BCUT2D eigenvalue weighted by molar-refractivity contribution is 7.87. The summed E-state index contributed by atoms with van der Waals surface area (Å²) in [7, 11) is -3.97. The summed E-state index contributed by atoms with van der Waals surface area (Å²) in [4.78, 5) is 13.7. The van der Waals surface area contributed by atoms with Crippen molar-refractivity contribution in [2.24, 2.45) is 0 Å². The number of hydrogen-bond acceptors (Lipinski definition) is 4. The van der Waals surface area contributed by atoms with Crippen LogP contribution in [-0.2, 0) is 14.9 Å². The summed E-state index contributed by atoms with van der Waals surface area (Å²) in [6.45, 7) is 2.37. The SMILES string of the molecule is Cc1cc(N2CCCC2=O)ccc1S(=O)(=O)Oc1ccc2ccccc2c1. The molecule has 0 spiro atoms. The molecule has 1 saturated heterocycles. The van der Waals surface area contributed by atoms with Crippen LogP contribution in [0.5, 0.6) is 5.75 Å². The lowest BCUT2D eigenvalue weighted by Gasteiger charge is -2.17. The summed E-state index contributed by atoms with van der Waals surface area (Å²) in [5.41, 5.74) is 1.27. The van der Waals surface area contributed by atoms with E-state index < -0.39 is 10.1 Å². The molecule has 3 aromatic rings. The maximum absolute atomic E-state index is 12.8. The fourth-order valence-corrected chi connectivity index (χ4v) is 4.53. The zero-order valence-electron chi connectivity index (χ0n) is 14.9. The lowest BCUT2D eigenvalue weighted by Crippen LogP contribution is -2.24. The molecule has 0 saturated carbocycles. The van der Waals surface area contributed by atoms with Gasteiger partial charge in [-0.1, -0.05) is 30.3 Å². The van der Waals surface area contributed by atoms with E-state index in [1.807, 2.05) is 30.3 Å². The normalized spacial score (nSPS) is 14.7. The fraction of sp³-hybridized carbons (Fsp3) is 0.190. The van der Waals surface area contributed by atoms with Crippen LogP contribution < -0.4 is 9.08 Å². The van der Waals surface area contributed by atoms with E-state index in [0.717, 1.165) is 22.9 Å². The lowest BCUT2D eigenvalue weighted by molar-refractivity contribution is -0.117. The molecule has 1 heterocycles. The van der Waals surface area contributed by atoms with Gasteiger partial charge in [-0.15, -0.1) is 0 Å². The largest absolute Gasteiger partial charge is 0.379 e. The van der Waals surface area contributed by atoms with Gasteiger partial charge < -0.3 is 9.08 Å². The Balaban J connectivity index is 1.63. The molecule has 0 atom stereocenters. The molecule has 1 aliphatic rings. The van der Waals surface area contributed by atoms with E-state index in [2.05, 4.69) is 0 Å². The van der Waals surface area contributed by atoms with Gasteiger partial charge in [0, 0.05) is 18.7 Å². The van der Waals surface area contributed by atoms with Gasteiger partial charge in [0.15, 0.2) is 0 Å². The van der Waals surface area contributed by atoms with Gasteiger partial charge in [-0.25, -0.2) is 0 Å². The minimum Gasteiger partial charge on any atom is -0.379 e. The van der Waals surface area contributed by atoms with Gasteiger partial charge in [0.05, 0.1) is 0 Å². The topological polar surface area (TPSA) is 63.7 Å². The predicted octanol–water partition coefficient (Wildman–Crippen LogP) is 4.04. The summed E-state index contributed by atoms with van der Waals surface area (Å²) in [6, 6.07) is 17.7. The monoisotopic (exact) mass is 381 g/mol. The molecule has 138 valence electrons. The highest BCUT2D eigenvalue weighted by Gasteiger charge is 2.24. The van der Waals surface area contributed by atoms with Crippen molar-refractivity contribution in [1.29, 1.82) is 0 Å². The first-order valence-electron chi connectivity index (χ1n) is 8.78. The van der Waals surface area contributed by atoms with Crippen LogP contribution in [0.25, 0.3) is 10.8 Å². The molecule has 5 nitrogen and oxygen atoms in total. The summed E-state index contributed by atoms with van der Waals surface area (Å²) in [6.07, 6.45) is 1.35. The highest BCUT2D eigenvalue weighted by Crippen LogP contribution is 2.29. The van der Waals surface area contributed by atoms with Crippen LogP contribution in [0.2, 0.25) is 0 Å². The Morgan fingerprint density at radius 2 is 1.74 bits per heavy atom. The van der Waals surface area contributed by atoms with Gasteiger partial charge in [-0.3, -0.25) is 4.79 Å². The first kappa shape index (κ1) is 17.5. The molecule has 0 aromatic heterocycles. The van der Waals surface area contributed by atoms with Crippen LogP contribution in [0.4, 0.5) is 5.69 Å². The number of anilines is 1. The van der Waals surface area contributed by atoms with Gasteiger partial charge in [0.1, 0.15) is 10.6 Å². The number of benzene rings is 3. The van der Waals surface area contributed by atoms with E-state index in [9.17, 15) is 13.2 Å². The minimum absolute atomic E-state index is 0.0671. The number of amides is 1. The first-order chi connectivity index (χ1) is 12.9. The van der Waals surface area contributed by atoms with Crippen LogP contribution >= 0.6 is 0 Å². The van der Waals surface area contributed by atoms with Crippen LogP contribution in [-0.4, -0.2) is 20.9 Å². The maximum atomic E-state index is 12.8. The minimum atomic E-state index is -3.97. The van der Waals surface area contributed by atoms with Crippen LogP contribution in [0.15, 0.2) is 65.6 Å². The third-order valence-corrected chi connectivity index (χ3v) is 6.15. The quantitative estimate of drug-likeness (QED) is 0.640. The van der Waals surface area contributed by atoms with Crippen molar-refractivity contribution in [2.45, 2.75) is 24.7 Å². The second-order valence-corrected chi connectivity index (χ2v) is 8.16. The number of rotatable bonds is 4. The molecule has 1 aliphatic heterocycles.